The molecule has 8 heteroatoms. The molecule has 0 atom stereocenters. The fourth-order valence-electron chi connectivity index (χ4n) is 2.03. The molecule has 2 aromatic heterocycles. The number of nitrogens with one attached hydrogen (secondary N) is 2. The first-order valence-corrected chi connectivity index (χ1v) is 8.45. The van der Waals surface area contributed by atoms with Crippen LogP contribution < -0.4 is 10.6 Å². The normalized spacial score (nSPS) is 10.5. The van der Waals surface area contributed by atoms with Gasteiger partial charge in [0.05, 0.1) is 16.4 Å². The van der Waals surface area contributed by atoms with Gasteiger partial charge >= 0.3 is 11.8 Å². The molecule has 0 aliphatic heterocycles. The van der Waals surface area contributed by atoms with Gasteiger partial charge in [0.15, 0.2) is 0 Å². The number of thiophene rings is 1. The maximum atomic E-state index is 13.1. The predicted octanol–water partition coefficient (Wildman–Crippen LogP) is 4.06. The average Bonchev–Trinajstić information content (AvgIpc) is 3.26. The van der Waals surface area contributed by atoms with Gasteiger partial charge < -0.3 is 15.1 Å². The van der Waals surface area contributed by atoms with E-state index < -0.39 is 17.6 Å². The molecule has 0 fully saturated rings. The molecule has 0 bridgehead atoms. The van der Waals surface area contributed by atoms with Crippen molar-refractivity contribution >= 4 is 40.4 Å². The highest BCUT2D eigenvalue weighted by atomic mass is 35.5. The molecule has 0 saturated heterocycles. The summed E-state index contributed by atoms with van der Waals surface area (Å²) in [5.41, 5.74) is 0.226. The molecule has 0 unspecified atom stereocenters. The van der Waals surface area contributed by atoms with Crippen LogP contribution in [0.25, 0.3) is 10.6 Å². The fourth-order valence-corrected chi connectivity index (χ4v) is 2.90. The highest BCUT2D eigenvalue weighted by molar-refractivity contribution is 7.13. The molecular formula is C17H12ClFN2O3S. The van der Waals surface area contributed by atoms with Gasteiger partial charge in [0.25, 0.3) is 0 Å². The third-order valence-electron chi connectivity index (χ3n) is 3.23. The second-order valence-corrected chi connectivity index (χ2v) is 6.36. The third kappa shape index (κ3) is 4.26. The van der Waals surface area contributed by atoms with Gasteiger partial charge in [-0.1, -0.05) is 17.7 Å². The minimum Gasteiger partial charge on any atom is -0.458 e. The number of furan rings is 1. The van der Waals surface area contributed by atoms with Crippen LogP contribution in [0.4, 0.5) is 10.1 Å². The lowest BCUT2D eigenvalue weighted by Gasteiger charge is -2.06. The van der Waals surface area contributed by atoms with Crippen LogP contribution in [0.5, 0.6) is 0 Å². The zero-order valence-electron chi connectivity index (χ0n) is 12.7. The second-order valence-electron chi connectivity index (χ2n) is 5.01. The van der Waals surface area contributed by atoms with E-state index >= 15 is 0 Å². The van der Waals surface area contributed by atoms with Crippen molar-refractivity contribution in [1.82, 2.24) is 5.32 Å². The Hall–Kier alpha value is -2.64. The molecule has 3 rings (SSSR count). The number of rotatable bonds is 4. The quantitative estimate of drug-likeness (QED) is 0.672. The van der Waals surface area contributed by atoms with E-state index in [2.05, 4.69) is 10.6 Å². The smallest absolute Gasteiger partial charge is 0.313 e. The number of benzene rings is 1. The number of amides is 2. The standard InChI is InChI=1S/C17H12ClFN2O3S/c18-12-8-10(3-5-13(12)19)21-17(23)16(22)20-9-11-4-6-14(24-11)15-2-1-7-25-15/h1-8H,9H2,(H,20,22)(H,21,23). The van der Waals surface area contributed by atoms with E-state index in [1.54, 1.807) is 12.1 Å². The largest absolute Gasteiger partial charge is 0.458 e. The van der Waals surface area contributed by atoms with Crippen LogP contribution in [0.2, 0.25) is 5.02 Å². The molecule has 2 N–H and O–H groups in total. The van der Waals surface area contributed by atoms with Crippen molar-refractivity contribution < 1.29 is 18.4 Å². The Morgan fingerprint density at radius 2 is 2.00 bits per heavy atom. The van der Waals surface area contributed by atoms with E-state index in [0.717, 1.165) is 10.9 Å². The molecule has 25 heavy (non-hydrogen) atoms. The summed E-state index contributed by atoms with van der Waals surface area (Å²) in [5, 5.41) is 6.59. The maximum Gasteiger partial charge on any atom is 0.313 e. The van der Waals surface area contributed by atoms with Gasteiger partial charge in [0, 0.05) is 5.69 Å². The van der Waals surface area contributed by atoms with E-state index in [9.17, 15) is 14.0 Å². The van der Waals surface area contributed by atoms with E-state index in [1.165, 1.54) is 23.5 Å². The first kappa shape index (κ1) is 17.2. The molecule has 0 aliphatic carbocycles. The van der Waals surface area contributed by atoms with Gasteiger partial charge in [-0.2, -0.15) is 0 Å². The van der Waals surface area contributed by atoms with Gasteiger partial charge in [-0.15, -0.1) is 11.3 Å². The summed E-state index contributed by atoms with van der Waals surface area (Å²) in [5.74, 6) is -1.11. The van der Waals surface area contributed by atoms with Crippen LogP contribution >= 0.6 is 22.9 Å². The van der Waals surface area contributed by atoms with Crippen LogP contribution in [0.15, 0.2) is 52.3 Å². The summed E-state index contributed by atoms with van der Waals surface area (Å²) in [6.07, 6.45) is 0. The Kier molecular flexibility index (Phi) is 5.16. The van der Waals surface area contributed by atoms with Crippen molar-refractivity contribution in [2.24, 2.45) is 0 Å². The Balaban J connectivity index is 1.55. The summed E-state index contributed by atoms with van der Waals surface area (Å²) in [4.78, 5) is 24.6. The van der Waals surface area contributed by atoms with Gasteiger partial charge in [0.1, 0.15) is 17.3 Å². The Morgan fingerprint density at radius 3 is 2.72 bits per heavy atom. The number of hydrogen-bond donors (Lipinski definition) is 2. The number of halogens is 2. The highest BCUT2D eigenvalue weighted by Crippen LogP contribution is 2.26. The van der Waals surface area contributed by atoms with Crippen LogP contribution in [-0.4, -0.2) is 11.8 Å². The minimum atomic E-state index is -0.882. The number of anilines is 1. The SMILES string of the molecule is O=C(NCc1ccc(-c2cccs2)o1)C(=O)Nc1ccc(F)c(Cl)c1. The van der Waals surface area contributed by atoms with Gasteiger partial charge in [-0.05, 0) is 41.8 Å². The predicted molar refractivity (Wildman–Crippen MR) is 93.9 cm³/mol. The molecule has 2 amide bonds. The van der Waals surface area contributed by atoms with Crippen molar-refractivity contribution in [3.8, 4) is 10.6 Å². The first-order chi connectivity index (χ1) is 12.0. The van der Waals surface area contributed by atoms with Crippen molar-refractivity contribution in [1.29, 1.82) is 0 Å². The molecule has 0 saturated carbocycles. The third-order valence-corrected chi connectivity index (χ3v) is 4.41. The maximum absolute atomic E-state index is 13.1. The van der Waals surface area contributed by atoms with Crippen molar-refractivity contribution in [2.45, 2.75) is 6.54 Å². The van der Waals surface area contributed by atoms with Crippen LogP contribution in [0.3, 0.4) is 0 Å². The average molecular weight is 379 g/mol. The van der Waals surface area contributed by atoms with Gasteiger partial charge in [0.2, 0.25) is 0 Å². The Morgan fingerprint density at radius 1 is 1.16 bits per heavy atom. The van der Waals surface area contributed by atoms with Crippen LogP contribution in [-0.2, 0) is 16.1 Å². The summed E-state index contributed by atoms with van der Waals surface area (Å²) < 4.78 is 18.7. The summed E-state index contributed by atoms with van der Waals surface area (Å²) in [6.45, 7) is 0.0712. The van der Waals surface area contributed by atoms with E-state index in [1.807, 2.05) is 17.5 Å². The molecule has 0 aliphatic rings. The Labute approximate surface area is 151 Å². The lowest BCUT2D eigenvalue weighted by molar-refractivity contribution is -0.136. The topological polar surface area (TPSA) is 71.3 Å². The van der Waals surface area contributed by atoms with E-state index in [4.69, 9.17) is 16.0 Å². The first-order valence-electron chi connectivity index (χ1n) is 7.20. The van der Waals surface area contributed by atoms with E-state index in [0.29, 0.717) is 11.5 Å². The molecular weight excluding hydrogens is 367 g/mol. The molecule has 128 valence electrons. The fraction of sp³-hybridized carbons (Fsp3) is 0.0588. The number of carbonyl (C=O) groups excluding carboxylic acids is 2. The van der Waals surface area contributed by atoms with Gasteiger partial charge in [-0.3, -0.25) is 9.59 Å². The van der Waals surface area contributed by atoms with Crippen molar-refractivity contribution in [3.05, 3.63) is 64.4 Å². The van der Waals surface area contributed by atoms with Crippen LogP contribution in [0, 0.1) is 5.82 Å². The number of carbonyl (C=O) groups is 2. The molecule has 0 radical (unpaired) electrons. The highest BCUT2D eigenvalue weighted by Gasteiger charge is 2.15. The molecule has 3 aromatic rings. The lowest BCUT2D eigenvalue weighted by atomic mass is 10.3. The zero-order valence-corrected chi connectivity index (χ0v) is 14.3. The molecule has 0 spiro atoms. The van der Waals surface area contributed by atoms with E-state index in [-0.39, 0.29) is 17.3 Å². The van der Waals surface area contributed by atoms with Crippen molar-refractivity contribution in [2.75, 3.05) is 5.32 Å². The summed E-state index contributed by atoms with van der Waals surface area (Å²) >= 11 is 7.16. The molecule has 2 heterocycles. The van der Waals surface area contributed by atoms with Crippen molar-refractivity contribution in [3.63, 3.8) is 0 Å². The minimum absolute atomic E-state index is 0.0712. The number of hydrogen-bond acceptors (Lipinski definition) is 4. The summed E-state index contributed by atoms with van der Waals surface area (Å²) in [7, 11) is 0. The lowest BCUT2D eigenvalue weighted by Crippen LogP contribution is -2.34. The van der Waals surface area contributed by atoms with Crippen LogP contribution in [0.1, 0.15) is 5.76 Å². The summed E-state index contributed by atoms with van der Waals surface area (Å²) in [6, 6.07) is 11.0. The molecule has 1 aromatic carbocycles. The second kappa shape index (κ2) is 7.50. The zero-order chi connectivity index (χ0) is 17.8. The van der Waals surface area contributed by atoms with Gasteiger partial charge in [-0.25, -0.2) is 4.39 Å². The Bertz CT molecular complexity index is 909. The molecule has 5 nitrogen and oxygen atoms in total. The monoisotopic (exact) mass is 378 g/mol.